The molecule has 3 aromatic carbocycles. The van der Waals surface area contributed by atoms with Crippen molar-refractivity contribution in [3.05, 3.63) is 95.1 Å². The van der Waals surface area contributed by atoms with Gasteiger partial charge in [-0.1, -0.05) is 68.4 Å². The molecule has 0 radical (unpaired) electrons. The van der Waals surface area contributed by atoms with E-state index in [9.17, 15) is 9.59 Å². The van der Waals surface area contributed by atoms with E-state index in [4.69, 9.17) is 17.0 Å². The number of nitrogens with one attached hydrogen (secondary N) is 3. The van der Waals surface area contributed by atoms with Crippen molar-refractivity contribution in [1.29, 1.82) is 0 Å². The zero-order valence-corrected chi connectivity index (χ0v) is 22.7. The van der Waals surface area contributed by atoms with Gasteiger partial charge in [0.25, 0.3) is 5.91 Å². The van der Waals surface area contributed by atoms with Crippen LogP contribution in [0.1, 0.15) is 53.7 Å². The van der Waals surface area contributed by atoms with Crippen molar-refractivity contribution >= 4 is 34.8 Å². The van der Waals surface area contributed by atoms with Gasteiger partial charge >= 0.3 is 0 Å². The number of carbonyl (C=O) groups is 2. The molecule has 3 N–H and O–H groups in total. The highest BCUT2D eigenvalue weighted by molar-refractivity contribution is 7.80. The molecule has 0 fully saturated rings. The third kappa shape index (κ3) is 8.43. The summed E-state index contributed by atoms with van der Waals surface area (Å²) >= 11 is 5.39. The fourth-order valence-corrected chi connectivity index (χ4v) is 3.96. The molecule has 0 bridgehead atoms. The molecule has 0 spiro atoms. The van der Waals surface area contributed by atoms with E-state index in [1.165, 1.54) is 0 Å². The number of para-hydroxylation sites is 1. The Morgan fingerprint density at radius 1 is 0.946 bits per heavy atom. The van der Waals surface area contributed by atoms with Crippen LogP contribution in [0.2, 0.25) is 0 Å². The zero-order valence-electron chi connectivity index (χ0n) is 21.9. The van der Waals surface area contributed by atoms with Crippen LogP contribution in [0.3, 0.4) is 0 Å². The highest BCUT2D eigenvalue weighted by Crippen LogP contribution is 2.24. The van der Waals surface area contributed by atoms with Gasteiger partial charge in [-0.15, -0.1) is 0 Å². The molecule has 0 aliphatic carbocycles. The molecule has 0 saturated heterocycles. The van der Waals surface area contributed by atoms with Gasteiger partial charge in [-0.25, -0.2) is 0 Å². The Morgan fingerprint density at radius 2 is 1.65 bits per heavy atom. The lowest BCUT2D eigenvalue weighted by Gasteiger charge is -2.24. The summed E-state index contributed by atoms with van der Waals surface area (Å²) in [7, 11) is 0. The lowest BCUT2D eigenvalue weighted by atomic mass is 9.87. The summed E-state index contributed by atoms with van der Waals surface area (Å²) in [5.41, 5.74) is 3.56. The Morgan fingerprint density at radius 3 is 2.41 bits per heavy atom. The minimum atomic E-state index is -0.649. The number of amides is 2. The molecule has 37 heavy (non-hydrogen) atoms. The van der Waals surface area contributed by atoms with E-state index in [0.717, 1.165) is 28.9 Å². The van der Waals surface area contributed by atoms with Crippen molar-refractivity contribution in [2.24, 2.45) is 5.41 Å². The van der Waals surface area contributed by atoms with Crippen molar-refractivity contribution in [2.45, 2.75) is 47.1 Å². The van der Waals surface area contributed by atoms with Gasteiger partial charge in [-0.3, -0.25) is 9.59 Å². The number of thiocarbonyl (C=S) groups is 1. The van der Waals surface area contributed by atoms with E-state index in [1.54, 1.807) is 24.3 Å². The van der Waals surface area contributed by atoms with Crippen LogP contribution in [-0.2, 0) is 11.3 Å². The molecule has 194 valence electrons. The van der Waals surface area contributed by atoms with Crippen LogP contribution in [0.25, 0.3) is 0 Å². The molecule has 0 aliphatic rings. The van der Waals surface area contributed by atoms with Gasteiger partial charge in [-0.05, 0) is 73.8 Å². The Balaban J connectivity index is 1.50. The largest absolute Gasteiger partial charge is 0.493 e. The maximum absolute atomic E-state index is 12.9. The molecular formula is C30H35N3O3S. The van der Waals surface area contributed by atoms with Crippen molar-refractivity contribution in [2.75, 3.05) is 11.9 Å². The maximum Gasteiger partial charge on any atom is 0.253 e. The van der Waals surface area contributed by atoms with Gasteiger partial charge in [0.1, 0.15) is 5.75 Å². The van der Waals surface area contributed by atoms with Gasteiger partial charge in [0.15, 0.2) is 5.11 Å². The predicted octanol–water partition coefficient (Wildman–Crippen LogP) is 5.93. The Kier molecular flexibility index (Phi) is 9.80. The maximum atomic E-state index is 12.9. The monoisotopic (exact) mass is 517 g/mol. The van der Waals surface area contributed by atoms with Crippen LogP contribution >= 0.6 is 12.2 Å². The van der Waals surface area contributed by atoms with E-state index in [1.807, 2.05) is 70.2 Å². The first kappa shape index (κ1) is 27.9. The summed E-state index contributed by atoms with van der Waals surface area (Å²) in [4.78, 5) is 25.7. The standard InChI is InChI=1S/C30H35N3O3S/c1-21-15-16-22(2)26(19-21)36-18-10-17-30(3,4)28(35)33-29(37)32-25-14-9-8-13-24(25)27(34)31-20-23-11-6-5-7-12-23/h5-9,11-16,19H,10,17-18,20H2,1-4H3,(H,31,34)(H2,32,33,35,37). The molecule has 0 saturated carbocycles. The van der Waals surface area contributed by atoms with Crippen molar-refractivity contribution in [1.82, 2.24) is 10.6 Å². The van der Waals surface area contributed by atoms with Crippen LogP contribution < -0.4 is 20.7 Å². The van der Waals surface area contributed by atoms with Gasteiger partial charge in [0, 0.05) is 12.0 Å². The van der Waals surface area contributed by atoms with Crippen LogP contribution in [0.4, 0.5) is 5.69 Å². The number of benzene rings is 3. The smallest absolute Gasteiger partial charge is 0.253 e. The minimum Gasteiger partial charge on any atom is -0.493 e. The fourth-order valence-electron chi connectivity index (χ4n) is 3.76. The summed E-state index contributed by atoms with van der Waals surface area (Å²) in [6, 6.07) is 22.9. The topological polar surface area (TPSA) is 79.5 Å². The summed E-state index contributed by atoms with van der Waals surface area (Å²) in [6.45, 7) is 8.75. The number of carbonyl (C=O) groups excluding carboxylic acids is 2. The van der Waals surface area contributed by atoms with Crippen LogP contribution in [-0.4, -0.2) is 23.5 Å². The lowest BCUT2D eigenvalue weighted by molar-refractivity contribution is -0.128. The van der Waals surface area contributed by atoms with E-state index in [0.29, 0.717) is 30.8 Å². The molecule has 0 heterocycles. The third-order valence-corrected chi connectivity index (χ3v) is 6.31. The molecule has 0 atom stereocenters. The Labute approximate surface area is 224 Å². The highest BCUT2D eigenvalue weighted by atomic mass is 32.1. The van der Waals surface area contributed by atoms with Gasteiger partial charge in [0.2, 0.25) is 5.91 Å². The van der Waals surface area contributed by atoms with Crippen molar-refractivity contribution < 1.29 is 14.3 Å². The second kappa shape index (κ2) is 13.0. The molecular weight excluding hydrogens is 482 g/mol. The lowest BCUT2D eigenvalue weighted by Crippen LogP contribution is -2.42. The number of ether oxygens (including phenoxy) is 1. The van der Waals surface area contributed by atoms with Crippen LogP contribution in [0, 0.1) is 19.3 Å². The normalized spacial score (nSPS) is 10.9. The quantitative estimate of drug-likeness (QED) is 0.229. The minimum absolute atomic E-state index is 0.146. The number of hydrogen-bond donors (Lipinski definition) is 3. The second-order valence-electron chi connectivity index (χ2n) is 9.73. The molecule has 0 unspecified atom stereocenters. The number of anilines is 1. The van der Waals surface area contributed by atoms with Crippen molar-refractivity contribution in [3.8, 4) is 5.75 Å². The molecule has 6 nitrogen and oxygen atoms in total. The summed E-state index contributed by atoms with van der Waals surface area (Å²) in [5.74, 6) is 0.451. The summed E-state index contributed by atoms with van der Waals surface area (Å²) in [6.07, 6.45) is 1.35. The summed E-state index contributed by atoms with van der Waals surface area (Å²) in [5, 5.41) is 8.85. The number of rotatable bonds is 10. The van der Waals surface area contributed by atoms with E-state index in [-0.39, 0.29) is 16.9 Å². The van der Waals surface area contributed by atoms with Crippen LogP contribution in [0.5, 0.6) is 5.75 Å². The average molecular weight is 518 g/mol. The third-order valence-electron chi connectivity index (χ3n) is 6.10. The molecule has 3 rings (SSSR count). The first-order chi connectivity index (χ1) is 17.7. The van der Waals surface area contributed by atoms with Gasteiger partial charge in [-0.2, -0.15) is 0 Å². The molecule has 7 heteroatoms. The van der Waals surface area contributed by atoms with Gasteiger partial charge < -0.3 is 20.7 Å². The molecule has 2 amide bonds. The Hall–Kier alpha value is -3.71. The molecule has 0 aliphatic heterocycles. The molecule has 3 aromatic rings. The average Bonchev–Trinajstić information content (AvgIpc) is 2.88. The summed E-state index contributed by atoms with van der Waals surface area (Å²) < 4.78 is 5.93. The van der Waals surface area contributed by atoms with E-state index in [2.05, 4.69) is 22.0 Å². The first-order valence-corrected chi connectivity index (χ1v) is 12.8. The van der Waals surface area contributed by atoms with E-state index < -0.39 is 5.41 Å². The van der Waals surface area contributed by atoms with Gasteiger partial charge in [0.05, 0.1) is 17.9 Å². The first-order valence-electron chi connectivity index (χ1n) is 12.4. The van der Waals surface area contributed by atoms with Crippen molar-refractivity contribution in [3.63, 3.8) is 0 Å². The van der Waals surface area contributed by atoms with Crippen LogP contribution in [0.15, 0.2) is 72.8 Å². The predicted molar refractivity (Wildman–Crippen MR) is 153 cm³/mol. The van der Waals surface area contributed by atoms with E-state index >= 15 is 0 Å². The fraction of sp³-hybridized carbons (Fsp3) is 0.300. The highest BCUT2D eigenvalue weighted by Gasteiger charge is 2.28. The number of aryl methyl sites for hydroxylation is 2. The Bertz CT molecular complexity index is 1240. The second-order valence-corrected chi connectivity index (χ2v) is 10.1. The zero-order chi connectivity index (χ0) is 26.8. The SMILES string of the molecule is Cc1ccc(C)c(OCCCC(C)(C)C(=O)NC(=S)Nc2ccccc2C(=O)NCc2ccccc2)c1. The molecule has 0 aromatic heterocycles. The number of hydrogen-bond acceptors (Lipinski definition) is 4.